The minimum atomic E-state index is -0.644. The lowest BCUT2D eigenvalue weighted by molar-refractivity contribution is 0.616. The first-order valence-corrected chi connectivity index (χ1v) is 5.33. The molecule has 0 amide bonds. The minimum absolute atomic E-state index is 0.0705. The van der Waals surface area contributed by atoms with Crippen LogP contribution in [0.5, 0.6) is 0 Å². The number of nitrogens with zero attached hydrogens (tertiary/aromatic N) is 2. The number of benzene rings is 1. The van der Waals surface area contributed by atoms with E-state index in [0.29, 0.717) is 0 Å². The summed E-state index contributed by atoms with van der Waals surface area (Å²) in [6.07, 6.45) is 1.02. The largest absolute Gasteiger partial charge is 0.357 e. The van der Waals surface area contributed by atoms with Gasteiger partial charge in [0.15, 0.2) is 11.6 Å². The van der Waals surface area contributed by atoms with Gasteiger partial charge in [0.1, 0.15) is 5.82 Å². The third-order valence-electron chi connectivity index (χ3n) is 2.34. The lowest BCUT2D eigenvalue weighted by atomic mass is 10.2. The van der Waals surface area contributed by atoms with Crippen molar-refractivity contribution >= 4 is 17.5 Å². The van der Waals surface area contributed by atoms with Gasteiger partial charge >= 0.3 is 0 Å². The van der Waals surface area contributed by atoms with E-state index in [-0.39, 0.29) is 17.5 Å². The molecule has 0 radical (unpaired) electrons. The number of hydrogen-bond donors (Lipinski definition) is 2. The van der Waals surface area contributed by atoms with Crippen molar-refractivity contribution in [3.8, 4) is 0 Å². The quantitative estimate of drug-likeness (QED) is 0.879. The van der Waals surface area contributed by atoms with Crippen molar-refractivity contribution in [3.63, 3.8) is 0 Å². The van der Waals surface area contributed by atoms with Crippen LogP contribution in [-0.4, -0.2) is 17.0 Å². The summed E-state index contributed by atoms with van der Waals surface area (Å²) in [7, 11) is 1.62. The molecule has 0 unspecified atom stereocenters. The highest BCUT2D eigenvalue weighted by Crippen LogP contribution is 2.22. The number of aromatic nitrogens is 2. The molecule has 0 aliphatic rings. The number of halogens is 2. The molecule has 1 heterocycles. The molecule has 0 aliphatic heterocycles. The van der Waals surface area contributed by atoms with Crippen molar-refractivity contribution in [2.45, 2.75) is 6.92 Å². The Bertz CT molecular complexity index is 572. The molecule has 18 heavy (non-hydrogen) atoms. The van der Waals surface area contributed by atoms with Crippen molar-refractivity contribution in [2.75, 3.05) is 17.7 Å². The third-order valence-corrected chi connectivity index (χ3v) is 2.34. The number of hydrogen-bond acceptors (Lipinski definition) is 4. The lowest BCUT2D eigenvalue weighted by Crippen LogP contribution is -2.04. The van der Waals surface area contributed by atoms with E-state index in [4.69, 9.17) is 0 Å². The Morgan fingerprint density at radius 3 is 2.67 bits per heavy atom. The zero-order valence-corrected chi connectivity index (χ0v) is 9.96. The molecule has 2 aromatic rings. The highest BCUT2D eigenvalue weighted by Gasteiger charge is 2.09. The molecule has 0 atom stereocenters. The van der Waals surface area contributed by atoms with E-state index < -0.39 is 11.6 Å². The van der Waals surface area contributed by atoms with Gasteiger partial charge in [-0.15, -0.1) is 0 Å². The van der Waals surface area contributed by atoms with E-state index in [1.807, 2.05) is 6.92 Å². The first-order valence-electron chi connectivity index (χ1n) is 5.33. The molecule has 0 fully saturated rings. The molecule has 2 rings (SSSR count). The maximum Gasteiger partial charge on any atom is 0.224 e. The fraction of sp³-hybridized carbons (Fsp3) is 0.167. The molecule has 6 heteroatoms. The minimum Gasteiger partial charge on any atom is -0.357 e. The average Bonchev–Trinajstić information content (AvgIpc) is 2.36. The van der Waals surface area contributed by atoms with Crippen LogP contribution in [0, 0.1) is 18.6 Å². The van der Waals surface area contributed by atoms with Crippen LogP contribution in [0.2, 0.25) is 0 Å². The lowest BCUT2D eigenvalue weighted by Gasteiger charge is -2.09. The van der Waals surface area contributed by atoms with Gasteiger partial charge in [0.05, 0.1) is 11.9 Å². The Morgan fingerprint density at radius 1 is 1.17 bits per heavy atom. The van der Waals surface area contributed by atoms with Gasteiger partial charge < -0.3 is 10.6 Å². The first kappa shape index (κ1) is 12.2. The molecule has 94 valence electrons. The standard InChI is InChI=1S/C12H12F2N4/c1-7-3-4-8(13)10(5-7)17-11-9(14)6-16-12(15-2)18-11/h3-6H,1-2H3,(H2,15,16,17,18). The van der Waals surface area contributed by atoms with E-state index in [1.165, 1.54) is 6.07 Å². The molecule has 1 aromatic carbocycles. The Kier molecular flexibility index (Phi) is 3.36. The maximum absolute atomic E-state index is 13.5. The Morgan fingerprint density at radius 2 is 1.94 bits per heavy atom. The topological polar surface area (TPSA) is 49.8 Å². The second-order valence-corrected chi connectivity index (χ2v) is 3.75. The van der Waals surface area contributed by atoms with Gasteiger partial charge in [0, 0.05) is 7.05 Å². The van der Waals surface area contributed by atoms with Crippen LogP contribution in [0.3, 0.4) is 0 Å². The summed E-state index contributed by atoms with van der Waals surface area (Å²) in [6.45, 7) is 1.82. The summed E-state index contributed by atoms with van der Waals surface area (Å²) >= 11 is 0. The average molecular weight is 250 g/mol. The molecule has 0 bridgehead atoms. The van der Waals surface area contributed by atoms with Crippen molar-refractivity contribution < 1.29 is 8.78 Å². The van der Waals surface area contributed by atoms with Crippen molar-refractivity contribution in [2.24, 2.45) is 0 Å². The summed E-state index contributed by atoms with van der Waals surface area (Å²) in [6, 6.07) is 4.53. The van der Waals surface area contributed by atoms with Crippen LogP contribution in [0.1, 0.15) is 5.56 Å². The smallest absolute Gasteiger partial charge is 0.224 e. The SMILES string of the molecule is CNc1ncc(F)c(Nc2cc(C)ccc2F)n1. The van der Waals surface area contributed by atoms with E-state index in [0.717, 1.165) is 11.8 Å². The van der Waals surface area contributed by atoms with Crippen molar-refractivity contribution in [1.82, 2.24) is 9.97 Å². The van der Waals surface area contributed by atoms with E-state index in [1.54, 1.807) is 19.2 Å². The van der Waals surface area contributed by atoms with Gasteiger partial charge in [-0.1, -0.05) is 6.07 Å². The third kappa shape index (κ3) is 2.53. The summed E-state index contributed by atoms with van der Waals surface area (Å²) in [5.41, 5.74) is 1.04. The van der Waals surface area contributed by atoms with Gasteiger partial charge in [0.2, 0.25) is 5.95 Å². The van der Waals surface area contributed by atoms with Crippen LogP contribution >= 0.6 is 0 Å². The van der Waals surface area contributed by atoms with Crippen LogP contribution in [0.25, 0.3) is 0 Å². The summed E-state index contributed by atoms with van der Waals surface area (Å²) in [5, 5.41) is 5.30. The van der Waals surface area contributed by atoms with Gasteiger partial charge in [0.25, 0.3) is 0 Å². The highest BCUT2D eigenvalue weighted by molar-refractivity contribution is 5.59. The highest BCUT2D eigenvalue weighted by atomic mass is 19.1. The Hall–Kier alpha value is -2.24. The molecule has 0 spiro atoms. The molecular weight excluding hydrogens is 238 g/mol. The zero-order valence-electron chi connectivity index (χ0n) is 9.96. The molecule has 2 N–H and O–H groups in total. The zero-order chi connectivity index (χ0) is 13.1. The molecule has 4 nitrogen and oxygen atoms in total. The number of anilines is 3. The molecule has 1 aromatic heterocycles. The number of nitrogens with one attached hydrogen (secondary N) is 2. The fourth-order valence-electron chi connectivity index (χ4n) is 1.44. The van der Waals surface area contributed by atoms with E-state index in [2.05, 4.69) is 20.6 Å². The number of aryl methyl sites for hydroxylation is 1. The van der Waals surface area contributed by atoms with E-state index >= 15 is 0 Å². The van der Waals surface area contributed by atoms with Crippen LogP contribution in [0.4, 0.5) is 26.2 Å². The van der Waals surface area contributed by atoms with Gasteiger partial charge in [-0.3, -0.25) is 0 Å². The van der Waals surface area contributed by atoms with Crippen LogP contribution in [0.15, 0.2) is 24.4 Å². The van der Waals surface area contributed by atoms with Crippen molar-refractivity contribution in [1.29, 1.82) is 0 Å². The maximum atomic E-state index is 13.5. The summed E-state index contributed by atoms with van der Waals surface area (Å²) in [4.78, 5) is 7.59. The Labute approximate surface area is 103 Å². The molecular formula is C12H12F2N4. The first-order chi connectivity index (χ1) is 8.60. The monoisotopic (exact) mass is 250 g/mol. The normalized spacial score (nSPS) is 10.2. The predicted molar refractivity (Wildman–Crippen MR) is 66.0 cm³/mol. The van der Waals surface area contributed by atoms with Crippen molar-refractivity contribution in [3.05, 3.63) is 41.6 Å². The fourth-order valence-corrected chi connectivity index (χ4v) is 1.44. The second kappa shape index (κ2) is 4.95. The second-order valence-electron chi connectivity index (χ2n) is 3.75. The van der Waals surface area contributed by atoms with E-state index in [9.17, 15) is 8.78 Å². The molecule has 0 aliphatic carbocycles. The summed E-state index contributed by atoms with van der Waals surface area (Å²) in [5.74, 6) is -0.926. The molecule has 0 saturated heterocycles. The van der Waals surface area contributed by atoms with Gasteiger partial charge in [-0.25, -0.2) is 13.8 Å². The summed E-state index contributed by atoms with van der Waals surface area (Å²) < 4.78 is 27.0. The van der Waals surface area contributed by atoms with Crippen LogP contribution in [-0.2, 0) is 0 Å². The Balaban J connectivity index is 2.36. The van der Waals surface area contributed by atoms with Gasteiger partial charge in [-0.05, 0) is 24.6 Å². The van der Waals surface area contributed by atoms with Crippen LogP contribution < -0.4 is 10.6 Å². The molecule has 0 saturated carbocycles. The predicted octanol–water partition coefficient (Wildman–Crippen LogP) is 2.85. The van der Waals surface area contributed by atoms with Gasteiger partial charge in [-0.2, -0.15) is 4.98 Å². The number of rotatable bonds is 3.